The Morgan fingerprint density at radius 3 is 2.74 bits per heavy atom. The lowest BCUT2D eigenvalue weighted by atomic mass is 9.86. The molecule has 3 rings (SSSR count). The summed E-state index contributed by atoms with van der Waals surface area (Å²) in [6.45, 7) is 3.62. The van der Waals surface area contributed by atoms with E-state index >= 15 is 0 Å². The van der Waals surface area contributed by atoms with Gasteiger partial charge in [0.25, 0.3) is 0 Å². The van der Waals surface area contributed by atoms with Crippen LogP contribution in [0.15, 0.2) is 24.3 Å². The van der Waals surface area contributed by atoms with Crippen molar-refractivity contribution in [1.29, 1.82) is 0 Å². The first-order valence-electron chi connectivity index (χ1n) is 6.66. The molecule has 1 aromatic carbocycles. The molecule has 1 aliphatic rings. The Morgan fingerprint density at radius 1 is 1.32 bits per heavy atom. The van der Waals surface area contributed by atoms with E-state index in [0.29, 0.717) is 24.3 Å². The van der Waals surface area contributed by atoms with E-state index in [1.165, 1.54) is 11.1 Å². The molecule has 0 spiro atoms. The molecule has 0 bridgehead atoms. The molecule has 4 N–H and O–H groups in total. The van der Waals surface area contributed by atoms with Crippen LogP contribution in [0.2, 0.25) is 0 Å². The molecule has 2 atom stereocenters. The number of rotatable bonds is 2. The lowest BCUT2D eigenvalue weighted by Crippen LogP contribution is -2.22. The van der Waals surface area contributed by atoms with Gasteiger partial charge in [-0.1, -0.05) is 31.2 Å². The molecule has 0 radical (unpaired) electrons. The van der Waals surface area contributed by atoms with Crippen LogP contribution in [0.1, 0.15) is 42.1 Å². The molecule has 5 nitrogen and oxygen atoms in total. The van der Waals surface area contributed by atoms with Gasteiger partial charge in [0.05, 0.1) is 0 Å². The fourth-order valence-electron chi connectivity index (χ4n) is 2.85. The minimum Gasteiger partial charge on any atom is -0.366 e. The van der Waals surface area contributed by atoms with E-state index in [-0.39, 0.29) is 0 Å². The zero-order chi connectivity index (χ0) is 13.4. The van der Waals surface area contributed by atoms with E-state index in [2.05, 4.69) is 41.3 Å². The summed E-state index contributed by atoms with van der Waals surface area (Å²) in [5.41, 5.74) is 13.8. The molecule has 0 aliphatic carbocycles. The molecule has 0 saturated heterocycles. The van der Waals surface area contributed by atoms with Crippen LogP contribution >= 0.6 is 0 Å². The van der Waals surface area contributed by atoms with E-state index < -0.39 is 0 Å². The molecule has 2 heterocycles. The topological polar surface area (TPSA) is 82.8 Å². The third kappa shape index (κ3) is 2.21. The van der Waals surface area contributed by atoms with Crippen molar-refractivity contribution >= 4 is 5.95 Å². The normalized spacial score (nSPS) is 22.2. The highest BCUT2D eigenvalue weighted by atomic mass is 15.4. The Kier molecular flexibility index (Phi) is 2.98. The molecule has 0 saturated carbocycles. The fourth-order valence-corrected chi connectivity index (χ4v) is 2.85. The Balaban J connectivity index is 1.87. The maximum Gasteiger partial charge on any atom is 0.239 e. The third-order valence-corrected chi connectivity index (χ3v) is 3.88. The van der Waals surface area contributed by atoms with Crippen molar-refractivity contribution in [3.63, 3.8) is 0 Å². The van der Waals surface area contributed by atoms with Crippen LogP contribution in [0.3, 0.4) is 0 Å². The van der Waals surface area contributed by atoms with Crippen molar-refractivity contribution in [3.05, 3.63) is 41.2 Å². The first-order valence-corrected chi connectivity index (χ1v) is 6.66. The number of nitrogens with two attached hydrogens (primary N) is 2. The number of fused-ring (bicyclic) bond motifs is 1. The second-order valence-corrected chi connectivity index (χ2v) is 5.29. The van der Waals surface area contributed by atoms with Gasteiger partial charge in [-0.05, 0) is 17.5 Å². The second kappa shape index (κ2) is 4.66. The average Bonchev–Trinajstić information content (AvgIpc) is 2.80. The van der Waals surface area contributed by atoms with Gasteiger partial charge in [0.2, 0.25) is 5.95 Å². The highest BCUT2D eigenvalue weighted by Crippen LogP contribution is 2.35. The first-order chi connectivity index (χ1) is 9.17. The number of hydrogen-bond acceptors (Lipinski definition) is 4. The van der Waals surface area contributed by atoms with Gasteiger partial charge in [-0.15, -0.1) is 5.10 Å². The highest BCUT2D eigenvalue weighted by molar-refractivity contribution is 5.27. The maximum atomic E-state index is 5.69. The van der Waals surface area contributed by atoms with E-state index in [4.69, 9.17) is 11.5 Å². The summed E-state index contributed by atoms with van der Waals surface area (Å²) in [4.78, 5) is 4.30. The van der Waals surface area contributed by atoms with Crippen LogP contribution in [0, 0.1) is 0 Å². The summed E-state index contributed by atoms with van der Waals surface area (Å²) in [5, 5.41) is 4.27. The Labute approximate surface area is 112 Å². The van der Waals surface area contributed by atoms with Crippen LogP contribution in [-0.2, 0) is 13.1 Å². The monoisotopic (exact) mass is 257 g/mol. The second-order valence-electron chi connectivity index (χ2n) is 5.29. The predicted octanol–water partition coefficient (Wildman–Crippen LogP) is 1.61. The minimum absolute atomic E-state index is 0.376. The summed E-state index contributed by atoms with van der Waals surface area (Å²) in [6, 6.07) is 8.55. The quantitative estimate of drug-likeness (QED) is 0.856. The van der Waals surface area contributed by atoms with Gasteiger partial charge in [0, 0.05) is 24.9 Å². The van der Waals surface area contributed by atoms with Crippen LogP contribution < -0.4 is 11.5 Å². The maximum absolute atomic E-state index is 5.69. The third-order valence-electron chi connectivity index (χ3n) is 3.88. The Bertz CT molecular complexity index is 572. The number of nitrogens with zero attached hydrogens (tertiary/aromatic N) is 3. The fraction of sp³-hybridized carbons (Fsp3) is 0.429. The van der Waals surface area contributed by atoms with E-state index in [0.717, 1.165) is 18.8 Å². The summed E-state index contributed by atoms with van der Waals surface area (Å²) >= 11 is 0. The van der Waals surface area contributed by atoms with Crippen LogP contribution in [0.4, 0.5) is 5.95 Å². The Morgan fingerprint density at radius 2 is 2.05 bits per heavy atom. The van der Waals surface area contributed by atoms with Gasteiger partial charge in [-0.25, -0.2) is 4.68 Å². The molecule has 100 valence electrons. The number of anilines is 1. The lowest BCUT2D eigenvalue weighted by molar-refractivity contribution is 0.382. The van der Waals surface area contributed by atoms with Crippen molar-refractivity contribution in [3.8, 4) is 0 Å². The zero-order valence-corrected chi connectivity index (χ0v) is 11.1. The van der Waals surface area contributed by atoms with Crippen molar-refractivity contribution in [1.82, 2.24) is 14.8 Å². The molecular weight excluding hydrogens is 238 g/mol. The summed E-state index contributed by atoms with van der Waals surface area (Å²) in [6.07, 6.45) is 1.08. The Hall–Kier alpha value is -1.88. The molecule has 0 fully saturated rings. The van der Waals surface area contributed by atoms with Gasteiger partial charge in [-0.3, -0.25) is 0 Å². The van der Waals surface area contributed by atoms with E-state index in [1.807, 2.05) is 4.68 Å². The summed E-state index contributed by atoms with van der Waals surface area (Å²) in [7, 11) is 0. The first kappa shape index (κ1) is 12.2. The van der Waals surface area contributed by atoms with Gasteiger partial charge in [-0.2, -0.15) is 4.98 Å². The van der Waals surface area contributed by atoms with Crippen molar-refractivity contribution in [2.24, 2.45) is 5.73 Å². The summed E-state index contributed by atoms with van der Waals surface area (Å²) in [5.74, 6) is 2.24. The van der Waals surface area contributed by atoms with Crippen molar-refractivity contribution < 1.29 is 0 Å². The van der Waals surface area contributed by atoms with E-state index in [9.17, 15) is 0 Å². The molecule has 0 amide bonds. The number of nitrogen functional groups attached to an aromatic ring is 1. The van der Waals surface area contributed by atoms with Crippen molar-refractivity contribution in [2.75, 3.05) is 5.73 Å². The predicted molar refractivity (Wildman–Crippen MR) is 74.5 cm³/mol. The number of hydrogen-bond donors (Lipinski definition) is 2. The molecule has 1 aliphatic heterocycles. The van der Waals surface area contributed by atoms with Crippen molar-refractivity contribution in [2.45, 2.75) is 38.3 Å². The number of benzene rings is 1. The molecule has 2 unspecified atom stereocenters. The SMILES string of the molecule is CC1CC(c2ccc(CN)cc2)Cn2nc(N)nc21. The van der Waals surface area contributed by atoms with Gasteiger partial charge in [0.15, 0.2) is 0 Å². The largest absolute Gasteiger partial charge is 0.366 e. The van der Waals surface area contributed by atoms with Crippen LogP contribution in [0.5, 0.6) is 0 Å². The molecule has 5 heteroatoms. The molecule has 1 aromatic heterocycles. The molecule has 2 aromatic rings. The van der Waals surface area contributed by atoms with Crippen LogP contribution in [0.25, 0.3) is 0 Å². The molecular formula is C14H19N5. The lowest BCUT2D eigenvalue weighted by Gasteiger charge is -2.27. The van der Waals surface area contributed by atoms with Gasteiger partial charge in [0.1, 0.15) is 5.82 Å². The van der Waals surface area contributed by atoms with Gasteiger partial charge < -0.3 is 11.5 Å². The van der Waals surface area contributed by atoms with Gasteiger partial charge >= 0.3 is 0 Å². The summed E-state index contributed by atoms with van der Waals surface area (Å²) < 4.78 is 1.95. The molecule has 19 heavy (non-hydrogen) atoms. The van der Waals surface area contributed by atoms with E-state index in [1.54, 1.807) is 0 Å². The van der Waals surface area contributed by atoms with Crippen LogP contribution in [-0.4, -0.2) is 14.8 Å². The zero-order valence-electron chi connectivity index (χ0n) is 11.1. The number of aromatic nitrogens is 3. The highest BCUT2D eigenvalue weighted by Gasteiger charge is 2.27. The average molecular weight is 257 g/mol. The smallest absolute Gasteiger partial charge is 0.239 e. The standard InChI is InChI=1S/C14H19N5/c1-9-6-12(8-19-13(9)17-14(16)18-19)11-4-2-10(7-15)3-5-11/h2-5,9,12H,6-8,15H2,1H3,(H2,16,18). The minimum atomic E-state index is 0.376.